The summed E-state index contributed by atoms with van der Waals surface area (Å²) in [5.74, 6) is 1.39. The lowest BCUT2D eigenvalue weighted by Gasteiger charge is -2.20. The molecule has 0 radical (unpaired) electrons. The zero-order valence-electron chi connectivity index (χ0n) is 13.0. The molecule has 1 aromatic heterocycles. The first-order chi connectivity index (χ1) is 9.00. The van der Waals surface area contributed by atoms with Crippen molar-refractivity contribution < 1.29 is 0 Å². The Labute approximate surface area is 117 Å². The maximum Gasteiger partial charge on any atom is 0.129 e. The molecule has 0 spiro atoms. The monoisotopic (exact) mass is 264 g/mol. The molecule has 0 aliphatic carbocycles. The van der Waals surface area contributed by atoms with Gasteiger partial charge in [-0.1, -0.05) is 13.8 Å². The minimum atomic E-state index is 0.447. The SMILES string of the molecule is CC(C)c1cc(NCCCCN(C)C(C)C)ncn1. The topological polar surface area (TPSA) is 41.0 Å². The first kappa shape index (κ1) is 15.9. The maximum absolute atomic E-state index is 4.27. The van der Waals surface area contributed by atoms with Gasteiger partial charge in [-0.05, 0) is 46.2 Å². The van der Waals surface area contributed by atoms with E-state index < -0.39 is 0 Å². The molecule has 0 atom stereocenters. The first-order valence-electron chi connectivity index (χ1n) is 7.26. The van der Waals surface area contributed by atoms with Crippen molar-refractivity contribution in [3.63, 3.8) is 0 Å². The number of nitrogens with one attached hydrogen (secondary N) is 1. The number of anilines is 1. The van der Waals surface area contributed by atoms with Gasteiger partial charge in [-0.3, -0.25) is 0 Å². The third-order valence-corrected chi connectivity index (χ3v) is 3.41. The summed E-state index contributed by atoms with van der Waals surface area (Å²) in [4.78, 5) is 10.9. The molecule has 0 aromatic carbocycles. The van der Waals surface area contributed by atoms with Gasteiger partial charge >= 0.3 is 0 Å². The highest BCUT2D eigenvalue weighted by Crippen LogP contribution is 2.13. The molecule has 0 aliphatic rings. The maximum atomic E-state index is 4.27. The summed E-state index contributed by atoms with van der Waals surface area (Å²) in [6.45, 7) is 10.9. The Kier molecular flexibility index (Phi) is 6.78. The highest BCUT2D eigenvalue weighted by molar-refractivity contribution is 5.35. The zero-order chi connectivity index (χ0) is 14.3. The second-order valence-corrected chi connectivity index (χ2v) is 5.69. The highest BCUT2D eigenvalue weighted by Gasteiger charge is 2.03. The molecule has 1 heterocycles. The van der Waals surface area contributed by atoms with Gasteiger partial charge in [-0.2, -0.15) is 0 Å². The van der Waals surface area contributed by atoms with Crippen molar-refractivity contribution in [2.45, 2.75) is 52.5 Å². The summed E-state index contributed by atoms with van der Waals surface area (Å²) in [5.41, 5.74) is 1.09. The molecule has 0 saturated carbocycles. The van der Waals surface area contributed by atoms with Gasteiger partial charge in [0.15, 0.2) is 0 Å². The van der Waals surface area contributed by atoms with Crippen molar-refractivity contribution in [3.8, 4) is 0 Å². The van der Waals surface area contributed by atoms with E-state index >= 15 is 0 Å². The summed E-state index contributed by atoms with van der Waals surface area (Å²) in [6, 6.07) is 2.67. The Balaban J connectivity index is 2.24. The molecule has 4 nitrogen and oxygen atoms in total. The zero-order valence-corrected chi connectivity index (χ0v) is 13.0. The molecule has 1 rings (SSSR count). The van der Waals surface area contributed by atoms with Crippen molar-refractivity contribution in [1.82, 2.24) is 14.9 Å². The van der Waals surface area contributed by atoms with Crippen LogP contribution >= 0.6 is 0 Å². The van der Waals surface area contributed by atoms with E-state index in [-0.39, 0.29) is 0 Å². The fourth-order valence-corrected chi connectivity index (χ4v) is 1.75. The Morgan fingerprint density at radius 1 is 1.16 bits per heavy atom. The summed E-state index contributed by atoms with van der Waals surface area (Å²) in [6.07, 6.45) is 4.02. The van der Waals surface area contributed by atoms with Gasteiger partial charge < -0.3 is 10.2 Å². The third kappa shape index (κ3) is 6.01. The lowest BCUT2D eigenvalue weighted by Crippen LogP contribution is -2.27. The minimum absolute atomic E-state index is 0.447. The van der Waals surface area contributed by atoms with Gasteiger partial charge in [0.1, 0.15) is 12.1 Å². The molecule has 0 fully saturated rings. The Morgan fingerprint density at radius 3 is 2.53 bits per heavy atom. The molecule has 0 saturated heterocycles. The Hall–Kier alpha value is -1.16. The lowest BCUT2D eigenvalue weighted by molar-refractivity contribution is 0.269. The number of unbranched alkanes of at least 4 members (excludes halogenated alkanes) is 1. The lowest BCUT2D eigenvalue weighted by atomic mass is 10.1. The van der Waals surface area contributed by atoms with E-state index in [4.69, 9.17) is 0 Å². The van der Waals surface area contributed by atoms with Gasteiger partial charge in [0, 0.05) is 24.3 Å². The summed E-state index contributed by atoms with van der Waals surface area (Å²) < 4.78 is 0. The standard InChI is InChI=1S/C15H28N4/c1-12(2)14-10-15(18-11-17-14)16-8-6-7-9-19(5)13(3)4/h10-13H,6-9H2,1-5H3,(H,16,17,18). The van der Waals surface area contributed by atoms with E-state index in [2.05, 4.69) is 54.9 Å². The summed E-state index contributed by atoms with van der Waals surface area (Å²) in [5, 5.41) is 3.37. The second-order valence-electron chi connectivity index (χ2n) is 5.69. The molecule has 0 amide bonds. The number of nitrogens with zero attached hydrogens (tertiary/aromatic N) is 3. The van der Waals surface area contributed by atoms with Crippen molar-refractivity contribution in [1.29, 1.82) is 0 Å². The van der Waals surface area contributed by atoms with Crippen LogP contribution in [-0.2, 0) is 0 Å². The van der Waals surface area contributed by atoms with Crippen LogP contribution in [0.25, 0.3) is 0 Å². The molecule has 0 aliphatic heterocycles. The Bertz CT molecular complexity index is 363. The van der Waals surface area contributed by atoms with Crippen LogP contribution < -0.4 is 5.32 Å². The van der Waals surface area contributed by atoms with E-state index in [1.807, 2.05) is 6.07 Å². The van der Waals surface area contributed by atoms with Crippen LogP contribution in [0, 0.1) is 0 Å². The van der Waals surface area contributed by atoms with Crippen LogP contribution in [0.5, 0.6) is 0 Å². The number of rotatable bonds is 8. The minimum Gasteiger partial charge on any atom is -0.370 e. The normalized spacial score (nSPS) is 11.6. The van der Waals surface area contributed by atoms with Crippen molar-refractivity contribution in [2.75, 3.05) is 25.5 Å². The largest absolute Gasteiger partial charge is 0.370 e. The quantitative estimate of drug-likeness (QED) is 0.732. The Morgan fingerprint density at radius 2 is 1.89 bits per heavy atom. The fraction of sp³-hybridized carbons (Fsp3) is 0.733. The van der Waals surface area contributed by atoms with Crippen molar-refractivity contribution >= 4 is 5.82 Å². The van der Waals surface area contributed by atoms with E-state index in [1.165, 1.54) is 6.42 Å². The number of hydrogen-bond donors (Lipinski definition) is 1. The predicted molar refractivity (Wildman–Crippen MR) is 81.6 cm³/mol. The van der Waals surface area contributed by atoms with E-state index in [9.17, 15) is 0 Å². The molecule has 108 valence electrons. The van der Waals surface area contributed by atoms with Crippen LogP contribution in [0.3, 0.4) is 0 Å². The molecule has 19 heavy (non-hydrogen) atoms. The van der Waals surface area contributed by atoms with E-state index in [1.54, 1.807) is 6.33 Å². The number of hydrogen-bond acceptors (Lipinski definition) is 4. The van der Waals surface area contributed by atoms with Crippen LogP contribution in [-0.4, -0.2) is 41.0 Å². The van der Waals surface area contributed by atoms with Crippen LogP contribution in [0.2, 0.25) is 0 Å². The summed E-state index contributed by atoms with van der Waals surface area (Å²) >= 11 is 0. The molecule has 0 unspecified atom stereocenters. The van der Waals surface area contributed by atoms with Gasteiger partial charge in [0.05, 0.1) is 0 Å². The number of aromatic nitrogens is 2. The molecule has 1 N–H and O–H groups in total. The van der Waals surface area contributed by atoms with Crippen LogP contribution in [0.4, 0.5) is 5.82 Å². The van der Waals surface area contributed by atoms with E-state index in [0.29, 0.717) is 12.0 Å². The van der Waals surface area contributed by atoms with Gasteiger partial charge in [-0.15, -0.1) is 0 Å². The fourth-order valence-electron chi connectivity index (χ4n) is 1.75. The average molecular weight is 264 g/mol. The molecular weight excluding hydrogens is 236 g/mol. The second kappa shape index (κ2) is 8.10. The highest BCUT2D eigenvalue weighted by atomic mass is 15.1. The smallest absolute Gasteiger partial charge is 0.129 e. The first-order valence-corrected chi connectivity index (χ1v) is 7.26. The van der Waals surface area contributed by atoms with Crippen LogP contribution in [0.1, 0.15) is 52.1 Å². The average Bonchev–Trinajstić information content (AvgIpc) is 2.38. The van der Waals surface area contributed by atoms with Gasteiger partial charge in [0.25, 0.3) is 0 Å². The molecule has 1 aromatic rings. The van der Waals surface area contributed by atoms with Crippen molar-refractivity contribution in [3.05, 3.63) is 18.1 Å². The molecule has 0 bridgehead atoms. The summed E-state index contributed by atoms with van der Waals surface area (Å²) in [7, 11) is 2.18. The van der Waals surface area contributed by atoms with Gasteiger partial charge in [-0.25, -0.2) is 9.97 Å². The van der Waals surface area contributed by atoms with Crippen LogP contribution in [0.15, 0.2) is 12.4 Å². The molecular formula is C15H28N4. The van der Waals surface area contributed by atoms with Crippen molar-refractivity contribution in [2.24, 2.45) is 0 Å². The van der Waals surface area contributed by atoms with E-state index in [0.717, 1.165) is 31.0 Å². The predicted octanol–water partition coefficient (Wildman–Crippen LogP) is 3.13. The third-order valence-electron chi connectivity index (χ3n) is 3.41. The molecule has 4 heteroatoms. The van der Waals surface area contributed by atoms with Gasteiger partial charge in [0.2, 0.25) is 0 Å².